The van der Waals surface area contributed by atoms with Crippen LogP contribution in [0.3, 0.4) is 0 Å². The van der Waals surface area contributed by atoms with E-state index < -0.39 is 0 Å². The lowest BCUT2D eigenvalue weighted by molar-refractivity contribution is 1.37. The van der Waals surface area contributed by atoms with Crippen molar-refractivity contribution < 1.29 is 0 Å². The van der Waals surface area contributed by atoms with E-state index in [9.17, 15) is 0 Å². The lowest BCUT2D eigenvalue weighted by Gasteiger charge is -2.09. The Bertz CT molecular complexity index is 2330. The van der Waals surface area contributed by atoms with Crippen LogP contribution in [0.5, 0.6) is 0 Å². The Labute approximate surface area is 240 Å². The molecule has 0 atom stereocenters. The Morgan fingerprint density at radius 3 is 2.17 bits per heavy atom. The van der Waals surface area contributed by atoms with Gasteiger partial charge in [-0.15, -0.1) is 11.3 Å². The molecule has 3 heterocycles. The van der Waals surface area contributed by atoms with Gasteiger partial charge in [0, 0.05) is 42.7 Å². The Morgan fingerprint density at radius 1 is 0.585 bits per heavy atom. The molecule has 0 spiro atoms. The molecule has 0 saturated heterocycles. The number of aromatic nitrogens is 2. The van der Waals surface area contributed by atoms with Crippen LogP contribution in [-0.2, 0) is 0 Å². The largest absolute Gasteiger partial charge is 0.254 e. The number of hydrogen-bond donors (Lipinski definition) is 0. The van der Waals surface area contributed by atoms with Crippen molar-refractivity contribution in [2.75, 3.05) is 0 Å². The molecule has 0 aliphatic carbocycles. The average Bonchev–Trinajstić information content (AvgIpc) is 3.43. The number of nitrogens with zero attached hydrogens (tertiary/aromatic N) is 3. The van der Waals surface area contributed by atoms with Crippen LogP contribution in [0.25, 0.3) is 80.3 Å². The Morgan fingerprint density at radius 2 is 1.32 bits per heavy atom. The summed E-state index contributed by atoms with van der Waals surface area (Å²) in [5, 5.41) is 4.68. The lowest BCUT2D eigenvalue weighted by Crippen LogP contribution is -1.88. The number of hydrogen-bond acceptors (Lipinski definition) is 3. The molecule has 41 heavy (non-hydrogen) atoms. The van der Waals surface area contributed by atoms with Crippen LogP contribution in [0.4, 0.5) is 5.69 Å². The minimum Gasteiger partial charge on any atom is -0.254 e. The number of para-hydroxylation sites is 1. The first-order chi connectivity index (χ1) is 20.3. The maximum absolute atomic E-state index is 7.53. The van der Waals surface area contributed by atoms with Gasteiger partial charge in [0.05, 0.1) is 23.3 Å². The first-order valence-electron chi connectivity index (χ1n) is 13.4. The third-order valence-corrected chi connectivity index (χ3v) is 8.89. The summed E-state index contributed by atoms with van der Waals surface area (Å²) < 4.78 is 2.52. The van der Waals surface area contributed by atoms with Crippen LogP contribution >= 0.6 is 11.3 Å². The van der Waals surface area contributed by atoms with Gasteiger partial charge in [0.2, 0.25) is 0 Å². The minimum absolute atomic E-state index is 0.671. The number of rotatable bonds is 3. The summed E-state index contributed by atoms with van der Waals surface area (Å²) in [4.78, 5) is 13.4. The van der Waals surface area contributed by atoms with Gasteiger partial charge in [-0.25, -0.2) is 9.83 Å². The number of benzene rings is 5. The maximum atomic E-state index is 7.53. The third kappa shape index (κ3) is 3.87. The van der Waals surface area contributed by atoms with Crippen LogP contribution in [0.15, 0.2) is 128 Å². The number of pyridine rings is 2. The first-order valence-corrected chi connectivity index (χ1v) is 14.3. The molecule has 3 nitrogen and oxygen atoms in total. The van der Waals surface area contributed by atoms with E-state index in [0.717, 1.165) is 49.8 Å². The molecule has 0 saturated carbocycles. The van der Waals surface area contributed by atoms with Gasteiger partial charge in [-0.3, -0.25) is 4.98 Å². The molecule has 0 fully saturated rings. The second-order valence-corrected chi connectivity index (χ2v) is 11.2. The van der Waals surface area contributed by atoms with E-state index in [1.807, 2.05) is 47.9 Å². The minimum atomic E-state index is 0.671. The zero-order valence-electron chi connectivity index (χ0n) is 21.9. The SMILES string of the molecule is [C-]#[N+]c1ccccc1-c1ccc(-c2cccc3sc4ccc(-c5ccc6ccc7cccnc7c6n5)cc4c23)cc1. The summed E-state index contributed by atoms with van der Waals surface area (Å²) >= 11 is 1.82. The van der Waals surface area contributed by atoms with Crippen molar-refractivity contribution in [2.45, 2.75) is 0 Å². The second-order valence-electron chi connectivity index (χ2n) is 10.1. The summed E-state index contributed by atoms with van der Waals surface area (Å²) in [6.45, 7) is 7.53. The van der Waals surface area contributed by atoms with Crippen molar-refractivity contribution in [1.29, 1.82) is 0 Å². The molecule has 0 radical (unpaired) electrons. The molecule has 8 aromatic rings. The molecule has 0 unspecified atom stereocenters. The van der Waals surface area contributed by atoms with Crippen molar-refractivity contribution >= 4 is 59.0 Å². The molecular weight excluding hydrogens is 518 g/mol. The summed E-state index contributed by atoms with van der Waals surface area (Å²) in [5.74, 6) is 0. The van der Waals surface area contributed by atoms with Crippen LogP contribution in [0.1, 0.15) is 0 Å². The van der Waals surface area contributed by atoms with E-state index >= 15 is 0 Å². The second kappa shape index (κ2) is 9.38. The third-order valence-electron chi connectivity index (χ3n) is 7.75. The van der Waals surface area contributed by atoms with E-state index in [-0.39, 0.29) is 0 Å². The van der Waals surface area contributed by atoms with Gasteiger partial charge in [0.25, 0.3) is 0 Å². The monoisotopic (exact) mass is 539 g/mol. The van der Waals surface area contributed by atoms with Gasteiger partial charge in [-0.1, -0.05) is 91.0 Å². The van der Waals surface area contributed by atoms with Gasteiger partial charge in [-0.2, -0.15) is 0 Å². The molecule has 3 aromatic heterocycles. The van der Waals surface area contributed by atoms with E-state index in [1.54, 1.807) is 0 Å². The zero-order valence-corrected chi connectivity index (χ0v) is 22.7. The summed E-state index contributed by atoms with van der Waals surface area (Å²) in [5.41, 5.74) is 8.94. The highest BCUT2D eigenvalue weighted by Gasteiger charge is 2.14. The average molecular weight is 540 g/mol. The van der Waals surface area contributed by atoms with Crippen LogP contribution in [-0.4, -0.2) is 9.97 Å². The fraction of sp³-hybridized carbons (Fsp3) is 0. The van der Waals surface area contributed by atoms with Gasteiger partial charge < -0.3 is 0 Å². The standard InChI is InChI=1S/C37H21N3S/c1-38-32-9-3-2-7-28(32)23-11-13-24(14-12-23)29-8-4-10-34-35(29)30-22-27(18-20-33(30)41-34)31-19-17-26-16-15-25-6-5-21-39-36(25)37(26)40-31/h2-22H. The highest BCUT2D eigenvalue weighted by molar-refractivity contribution is 7.26. The Balaban J connectivity index is 1.27. The smallest absolute Gasteiger partial charge is 0.194 e. The molecule has 8 rings (SSSR count). The van der Waals surface area contributed by atoms with Gasteiger partial charge in [-0.05, 0) is 52.6 Å². The highest BCUT2D eigenvalue weighted by atomic mass is 32.1. The van der Waals surface area contributed by atoms with Crippen LogP contribution < -0.4 is 0 Å². The molecule has 190 valence electrons. The highest BCUT2D eigenvalue weighted by Crippen LogP contribution is 2.42. The van der Waals surface area contributed by atoms with Gasteiger partial charge in [0.15, 0.2) is 5.69 Å². The predicted molar refractivity (Wildman–Crippen MR) is 173 cm³/mol. The zero-order chi connectivity index (χ0) is 27.3. The molecule has 0 N–H and O–H groups in total. The topological polar surface area (TPSA) is 30.1 Å². The normalized spacial score (nSPS) is 11.4. The summed E-state index contributed by atoms with van der Waals surface area (Å²) in [6, 6.07) is 42.1. The quantitative estimate of drug-likeness (QED) is 0.165. The summed E-state index contributed by atoms with van der Waals surface area (Å²) in [6.07, 6.45) is 1.83. The molecule has 5 aromatic carbocycles. The molecule has 0 bridgehead atoms. The molecule has 4 heteroatoms. The predicted octanol–water partition coefficient (Wildman–Crippen LogP) is 10.7. The number of fused-ring (bicyclic) bond motifs is 6. The van der Waals surface area contributed by atoms with Crippen molar-refractivity contribution in [2.24, 2.45) is 0 Å². The fourth-order valence-electron chi connectivity index (χ4n) is 5.76. The van der Waals surface area contributed by atoms with Gasteiger partial charge in [0.1, 0.15) is 0 Å². The van der Waals surface area contributed by atoms with E-state index in [0.29, 0.717) is 5.69 Å². The first kappa shape index (κ1) is 23.5. The van der Waals surface area contributed by atoms with E-state index in [1.165, 1.54) is 25.7 Å². The van der Waals surface area contributed by atoms with Crippen molar-refractivity contribution in [3.63, 3.8) is 0 Å². The molecule has 0 amide bonds. The van der Waals surface area contributed by atoms with Crippen LogP contribution in [0, 0.1) is 6.57 Å². The maximum Gasteiger partial charge on any atom is 0.194 e. The lowest BCUT2D eigenvalue weighted by atomic mass is 9.96. The Kier molecular flexibility index (Phi) is 5.38. The van der Waals surface area contributed by atoms with Crippen molar-refractivity contribution in [3.8, 4) is 33.5 Å². The fourth-order valence-corrected chi connectivity index (χ4v) is 6.87. The molecule has 0 aliphatic rings. The van der Waals surface area contributed by atoms with Crippen LogP contribution in [0.2, 0.25) is 0 Å². The molecule has 0 aliphatic heterocycles. The van der Waals surface area contributed by atoms with Crippen molar-refractivity contribution in [1.82, 2.24) is 9.97 Å². The van der Waals surface area contributed by atoms with E-state index in [2.05, 4.69) is 101 Å². The van der Waals surface area contributed by atoms with Crippen molar-refractivity contribution in [3.05, 3.63) is 139 Å². The van der Waals surface area contributed by atoms with E-state index in [4.69, 9.17) is 11.6 Å². The Hall–Kier alpha value is -5.37. The molecular formula is C37H21N3S. The number of thiophene rings is 1. The summed E-state index contributed by atoms with van der Waals surface area (Å²) in [7, 11) is 0. The van der Waals surface area contributed by atoms with Gasteiger partial charge >= 0.3 is 0 Å².